The highest BCUT2D eigenvalue weighted by Crippen LogP contribution is 2.23. The van der Waals surface area contributed by atoms with Crippen LogP contribution in [-0.2, 0) is 9.53 Å². The first kappa shape index (κ1) is 20.4. The number of hydrogen-bond donors (Lipinski definition) is 3. The zero-order valence-electron chi connectivity index (χ0n) is 16.2. The minimum atomic E-state index is -0.713. The molecule has 0 radical (unpaired) electrons. The van der Waals surface area contributed by atoms with Gasteiger partial charge in [-0.2, -0.15) is 0 Å². The van der Waals surface area contributed by atoms with Gasteiger partial charge in [0.25, 0.3) is 0 Å². The Labute approximate surface area is 161 Å². The van der Waals surface area contributed by atoms with Gasteiger partial charge in [0.15, 0.2) is 0 Å². The summed E-state index contributed by atoms with van der Waals surface area (Å²) in [6.45, 7) is 7.38. The van der Waals surface area contributed by atoms with Crippen LogP contribution in [0.1, 0.15) is 38.5 Å². The molecule has 0 bridgehead atoms. The summed E-state index contributed by atoms with van der Waals surface area (Å²) in [6.07, 6.45) is 5.52. The number of amides is 1. The van der Waals surface area contributed by atoms with E-state index < -0.39 is 5.97 Å². The van der Waals surface area contributed by atoms with Crippen LogP contribution in [0.2, 0.25) is 0 Å². The summed E-state index contributed by atoms with van der Waals surface area (Å²) in [4.78, 5) is 27.0. The monoisotopic (exact) mass is 382 g/mol. The highest BCUT2D eigenvalue weighted by Gasteiger charge is 2.31. The van der Waals surface area contributed by atoms with E-state index in [0.29, 0.717) is 19.0 Å². The van der Waals surface area contributed by atoms with Crippen molar-refractivity contribution in [1.82, 2.24) is 20.4 Å². The molecule has 3 N–H and O–H groups in total. The Morgan fingerprint density at radius 3 is 2.74 bits per heavy atom. The molecule has 8 heteroatoms. The second-order valence-corrected chi connectivity index (χ2v) is 8.13. The fourth-order valence-corrected chi connectivity index (χ4v) is 4.54. The molecule has 8 nitrogen and oxygen atoms in total. The SMILES string of the molecule is O=C(O)CCCN1CCN(CC2CNC(=O)O2)CC1CCC1CCNCC1. The number of carbonyl (C=O) groups excluding carboxylic acids is 1. The molecular formula is C19H34N4O4. The lowest BCUT2D eigenvalue weighted by Gasteiger charge is -2.42. The number of hydrogen-bond acceptors (Lipinski definition) is 6. The number of carboxylic acids is 1. The summed E-state index contributed by atoms with van der Waals surface area (Å²) in [5, 5.41) is 15.1. The molecule has 1 amide bonds. The molecule has 0 aromatic rings. The van der Waals surface area contributed by atoms with Gasteiger partial charge in [-0.25, -0.2) is 4.79 Å². The average molecular weight is 383 g/mol. The third kappa shape index (κ3) is 6.62. The minimum Gasteiger partial charge on any atom is -0.481 e. The third-order valence-electron chi connectivity index (χ3n) is 6.10. The van der Waals surface area contributed by atoms with E-state index in [1.807, 2.05) is 0 Å². The van der Waals surface area contributed by atoms with Gasteiger partial charge < -0.3 is 20.5 Å². The molecule has 3 heterocycles. The maximum Gasteiger partial charge on any atom is 0.407 e. The molecule has 154 valence electrons. The van der Waals surface area contributed by atoms with Crippen molar-refractivity contribution < 1.29 is 19.4 Å². The maximum absolute atomic E-state index is 11.2. The summed E-state index contributed by atoms with van der Waals surface area (Å²) < 4.78 is 5.30. The minimum absolute atomic E-state index is 0.0545. The topological polar surface area (TPSA) is 94.1 Å². The second-order valence-electron chi connectivity index (χ2n) is 8.13. The van der Waals surface area contributed by atoms with E-state index in [9.17, 15) is 9.59 Å². The molecular weight excluding hydrogens is 348 g/mol. The van der Waals surface area contributed by atoms with Crippen molar-refractivity contribution in [3.63, 3.8) is 0 Å². The van der Waals surface area contributed by atoms with Crippen LogP contribution < -0.4 is 10.6 Å². The number of carboxylic acid groups (broad SMARTS) is 1. The van der Waals surface area contributed by atoms with Crippen LogP contribution in [0.5, 0.6) is 0 Å². The predicted molar refractivity (Wildman–Crippen MR) is 102 cm³/mol. The average Bonchev–Trinajstić information content (AvgIpc) is 3.06. The van der Waals surface area contributed by atoms with Gasteiger partial charge in [-0.15, -0.1) is 0 Å². The number of alkyl carbamates (subject to hydrolysis) is 1. The lowest BCUT2D eigenvalue weighted by atomic mass is 9.90. The Kier molecular flexibility index (Phi) is 7.72. The van der Waals surface area contributed by atoms with Crippen LogP contribution in [0.25, 0.3) is 0 Å². The summed E-state index contributed by atoms with van der Waals surface area (Å²) in [7, 11) is 0. The van der Waals surface area contributed by atoms with Crippen LogP contribution in [0.3, 0.4) is 0 Å². The Morgan fingerprint density at radius 2 is 2.04 bits per heavy atom. The quantitative estimate of drug-likeness (QED) is 0.541. The van der Waals surface area contributed by atoms with Gasteiger partial charge in [-0.3, -0.25) is 14.6 Å². The van der Waals surface area contributed by atoms with Gasteiger partial charge in [0.1, 0.15) is 6.10 Å². The number of piperazine rings is 1. The third-order valence-corrected chi connectivity index (χ3v) is 6.10. The second kappa shape index (κ2) is 10.2. The first-order chi connectivity index (χ1) is 13.1. The highest BCUT2D eigenvalue weighted by molar-refractivity contribution is 5.69. The van der Waals surface area contributed by atoms with Gasteiger partial charge >= 0.3 is 12.1 Å². The zero-order valence-corrected chi connectivity index (χ0v) is 16.2. The van der Waals surface area contributed by atoms with Crippen molar-refractivity contribution in [2.24, 2.45) is 5.92 Å². The fourth-order valence-electron chi connectivity index (χ4n) is 4.54. The number of rotatable bonds is 9. The molecule has 3 rings (SSSR count). The van der Waals surface area contributed by atoms with E-state index >= 15 is 0 Å². The van der Waals surface area contributed by atoms with Crippen LogP contribution in [-0.4, -0.2) is 91.5 Å². The summed E-state index contributed by atoms with van der Waals surface area (Å²) in [5.41, 5.74) is 0. The van der Waals surface area contributed by atoms with Crippen LogP contribution in [0.4, 0.5) is 4.79 Å². The molecule has 3 aliphatic heterocycles. The number of aliphatic carboxylic acids is 1. The first-order valence-electron chi connectivity index (χ1n) is 10.4. The zero-order chi connectivity index (χ0) is 19.1. The highest BCUT2D eigenvalue weighted by atomic mass is 16.6. The molecule has 2 unspecified atom stereocenters. The van der Waals surface area contributed by atoms with Crippen LogP contribution in [0, 0.1) is 5.92 Å². The molecule has 0 aromatic heterocycles. The number of cyclic esters (lactones) is 1. The van der Waals surface area contributed by atoms with Crippen molar-refractivity contribution in [3.05, 3.63) is 0 Å². The number of ether oxygens (including phenoxy) is 1. The van der Waals surface area contributed by atoms with Crippen molar-refractivity contribution in [2.45, 2.75) is 50.7 Å². The van der Waals surface area contributed by atoms with E-state index in [1.54, 1.807) is 0 Å². The van der Waals surface area contributed by atoms with E-state index in [4.69, 9.17) is 9.84 Å². The standard InChI is InChI=1S/C19H34N4O4/c24-18(25)2-1-9-23-11-10-22(14-17-12-21-19(26)27-17)13-16(23)4-3-15-5-7-20-8-6-15/h15-17,20H,1-14H2,(H,21,26)(H,24,25). The molecule has 3 fully saturated rings. The largest absolute Gasteiger partial charge is 0.481 e. The van der Waals surface area contributed by atoms with Gasteiger partial charge in [-0.1, -0.05) is 0 Å². The normalized spacial score (nSPS) is 28.1. The molecule has 3 aliphatic rings. The van der Waals surface area contributed by atoms with E-state index in [1.165, 1.54) is 19.3 Å². The first-order valence-corrected chi connectivity index (χ1v) is 10.4. The summed E-state index contributed by atoms with van der Waals surface area (Å²) >= 11 is 0. The van der Waals surface area contributed by atoms with Crippen LogP contribution >= 0.6 is 0 Å². The molecule has 3 saturated heterocycles. The number of piperidine rings is 1. The van der Waals surface area contributed by atoms with Crippen molar-refractivity contribution in [2.75, 3.05) is 52.4 Å². The van der Waals surface area contributed by atoms with E-state index in [-0.39, 0.29) is 18.6 Å². The molecule has 0 aliphatic carbocycles. The molecule has 0 spiro atoms. The van der Waals surface area contributed by atoms with Gasteiger partial charge in [0, 0.05) is 38.6 Å². The Bertz CT molecular complexity index is 498. The smallest absolute Gasteiger partial charge is 0.407 e. The molecule has 0 aromatic carbocycles. The van der Waals surface area contributed by atoms with Crippen molar-refractivity contribution in [3.8, 4) is 0 Å². The van der Waals surface area contributed by atoms with Gasteiger partial charge in [-0.05, 0) is 57.7 Å². The van der Waals surface area contributed by atoms with Crippen molar-refractivity contribution in [1.29, 1.82) is 0 Å². The van der Waals surface area contributed by atoms with Gasteiger partial charge in [0.2, 0.25) is 0 Å². The summed E-state index contributed by atoms with van der Waals surface area (Å²) in [6, 6.07) is 0.465. The van der Waals surface area contributed by atoms with E-state index in [0.717, 1.165) is 58.2 Å². The summed E-state index contributed by atoms with van der Waals surface area (Å²) in [5.74, 6) is 0.0953. The molecule has 0 saturated carbocycles. The molecule has 27 heavy (non-hydrogen) atoms. The Balaban J connectivity index is 1.49. The number of nitrogens with zero attached hydrogens (tertiary/aromatic N) is 2. The fraction of sp³-hybridized carbons (Fsp3) is 0.895. The lowest BCUT2D eigenvalue weighted by molar-refractivity contribution is -0.137. The van der Waals surface area contributed by atoms with Gasteiger partial charge in [0.05, 0.1) is 6.54 Å². The van der Waals surface area contributed by atoms with Crippen molar-refractivity contribution >= 4 is 12.1 Å². The number of nitrogens with one attached hydrogen (secondary N) is 2. The lowest BCUT2D eigenvalue weighted by Crippen LogP contribution is -2.55. The predicted octanol–water partition coefficient (Wildman–Crippen LogP) is 0.726. The number of carbonyl (C=O) groups is 2. The Hall–Kier alpha value is -1.38. The van der Waals surface area contributed by atoms with E-state index in [2.05, 4.69) is 20.4 Å². The molecule has 2 atom stereocenters. The maximum atomic E-state index is 11.2. The van der Waals surface area contributed by atoms with Crippen LogP contribution in [0.15, 0.2) is 0 Å². The Morgan fingerprint density at radius 1 is 1.22 bits per heavy atom.